The van der Waals surface area contributed by atoms with Crippen molar-refractivity contribution in [1.82, 2.24) is 5.43 Å². The van der Waals surface area contributed by atoms with E-state index in [1.807, 2.05) is 44.2 Å². The molecule has 0 saturated heterocycles. The molecule has 2 aromatic carbocycles. The Kier molecular flexibility index (Phi) is 5.74. The lowest BCUT2D eigenvalue weighted by Crippen LogP contribution is -2.24. The van der Waals surface area contributed by atoms with E-state index in [1.54, 1.807) is 6.21 Å². The third-order valence-corrected chi connectivity index (χ3v) is 4.62. The van der Waals surface area contributed by atoms with Crippen LogP contribution in [0.3, 0.4) is 0 Å². The molecule has 2 aromatic rings. The van der Waals surface area contributed by atoms with Crippen molar-refractivity contribution in [1.29, 1.82) is 0 Å². The molecule has 1 amide bonds. The van der Waals surface area contributed by atoms with Gasteiger partial charge in [-0.1, -0.05) is 41.9 Å². The Bertz CT molecular complexity index is 867. The summed E-state index contributed by atoms with van der Waals surface area (Å²) in [4.78, 5) is 11.9. The number of ether oxygens (including phenoxy) is 1. The normalized spacial score (nSPS) is 13.7. The molecule has 3 rings (SSSR count). The molecule has 0 saturated carbocycles. The van der Waals surface area contributed by atoms with Gasteiger partial charge >= 0.3 is 0 Å². The van der Waals surface area contributed by atoms with Crippen molar-refractivity contribution >= 4 is 28.8 Å². The summed E-state index contributed by atoms with van der Waals surface area (Å²) in [5.41, 5.74) is 7.86. The first-order valence-electron chi connectivity index (χ1n) is 8.53. The van der Waals surface area contributed by atoms with E-state index in [0.717, 1.165) is 35.1 Å². The highest BCUT2D eigenvalue weighted by Crippen LogP contribution is 2.32. The van der Waals surface area contributed by atoms with Gasteiger partial charge in [-0.2, -0.15) is 5.10 Å². The zero-order valence-electron chi connectivity index (χ0n) is 14.9. The number of halogens is 1. The third kappa shape index (κ3) is 4.52. The van der Waals surface area contributed by atoms with Crippen molar-refractivity contribution in [2.75, 3.05) is 6.61 Å². The summed E-state index contributed by atoms with van der Waals surface area (Å²) in [6, 6.07) is 13.9. The summed E-state index contributed by atoms with van der Waals surface area (Å²) in [7, 11) is 0. The predicted octanol–water partition coefficient (Wildman–Crippen LogP) is 4.38. The fourth-order valence-corrected chi connectivity index (χ4v) is 3.33. The van der Waals surface area contributed by atoms with Crippen molar-refractivity contribution in [3.63, 3.8) is 0 Å². The first-order valence-corrected chi connectivity index (χ1v) is 8.90. The van der Waals surface area contributed by atoms with Crippen LogP contribution in [0.5, 0.6) is 5.75 Å². The van der Waals surface area contributed by atoms with Crippen LogP contribution in [-0.2, 0) is 11.2 Å². The number of amides is 1. The standard InChI is InChI=1S/C21H21ClN2O2/c1-14-9-15(2)11-18(10-14)26-13-20(25)24-23-12-17-8-7-16-5-3-4-6-19(16)21(17)22/h3-6,9-12H,7-8,13H2,1-2H3,(H,24,25). The monoisotopic (exact) mass is 368 g/mol. The van der Waals surface area contributed by atoms with Gasteiger partial charge in [-0.25, -0.2) is 5.43 Å². The quantitative estimate of drug-likeness (QED) is 0.629. The van der Waals surface area contributed by atoms with Gasteiger partial charge in [0.15, 0.2) is 6.61 Å². The molecule has 0 heterocycles. The molecule has 1 N–H and O–H groups in total. The van der Waals surface area contributed by atoms with E-state index in [0.29, 0.717) is 10.8 Å². The van der Waals surface area contributed by atoms with Crippen molar-refractivity contribution in [2.45, 2.75) is 26.7 Å². The second-order valence-corrected chi connectivity index (χ2v) is 6.78. The van der Waals surface area contributed by atoms with Crippen molar-refractivity contribution < 1.29 is 9.53 Å². The maximum absolute atomic E-state index is 11.9. The molecule has 5 heteroatoms. The second-order valence-electron chi connectivity index (χ2n) is 6.40. The van der Waals surface area contributed by atoms with Crippen molar-refractivity contribution in [3.8, 4) is 5.75 Å². The Morgan fingerprint density at radius 3 is 2.69 bits per heavy atom. The molecule has 1 aliphatic carbocycles. The fraction of sp³-hybridized carbons (Fsp3) is 0.238. The molecule has 0 radical (unpaired) electrons. The fourth-order valence-electron chi connectivity index (χ4n) is 3.01. The van der Waals surface area contributed by atoms with Gasteiger partial charge in [-0.3, -0.25) is 4.79 Å². The third-order valence-electron chi connectivity index (χ3n) is 4.17. The Hall–Kier alpha value is -2.59. The average Bonchev–Trinajstić information content (AvgIpc) is 2.61. The molecule has 0 bridgehead atoms. The number of hydrogen-bond acceptors (Lipinski definition) is 3. The van der Waals surface area contributed by atoms with Gasteiger partial charge in [0.2, 0.25) is 0 Å². The molecule has 0 aliphatic heterocycles. The highest BCUT2D eigenvalue weighted by Gasteiger charge is 2.15. The maximum Gasteiger partial charge on any atom is 0.277 e. The number of hydrogen-bond donors (Lipinski definition) is 1. The van der Waals surface area contributed by atoms with E-state index in [2.05, 4.69) is 22.7 Å². The number of carbonyl (C=O) groups excluding carboxylic acids is 1. The molecule has 4 nitrogen and oxygen atoms in total. The van der Waals surface area contributed by atoms with Crippen molar-refractivity contribution in [2.24, 2.45) is 5.10 Å². The first-order chi connectivity index (χ1) is 12.5. The molecular formula is C21H21ClN2O2. The molecule has 1 aliphatic rings. The predicted molar refractivity (Wildman–Crippen MR) is 106 cm³/mol. The summed E-state index contributed by atoms with van der Waals surface area (Å²) < 4.78 is 5.52. The summed E-state index contributed by atoms with van der Waals surface area (Å²) in [5, 5.41) is 4.71. The lowest BCUT2D eigenvalue weighted by atomic mass is 9.92. The number of allylic oxidation sites excluding steroid dienone is 1. The van der Waals surface area contributed by atoms with Crippen LogP contribution >= 0.6 is 11.6 Å². The van der Waals surface area contributed by atoms with Crippen LogP contribution in [0, 0.1) is 13.8 Å². The highest BCUT2D eigenvalue weighted by atomic mass is 35.5. The largest absolute Gasteiger partial charge is 0.484 e. The minimum Gasteiger partial charge on any atom is -0.484 e. The van der Waals surface area contributed by atoms with Gasteiger partial charge < -0.3 is 4.74 Å². The lowest BCUT2D eigenvalue weighted by molar-refractivity contribution is -0.123. The Morgan fingerprint density at radius 2 is 1.92 bits per heavy atom. The zero-order chi connectivity index (χ0) is 18.5. The Morgan fingerprint density at radius 1 is 1.19 bits per heavy atom. The highest BCUT2D eigenvalue weighted by molar-refractivity contribution is 6.50. The first kappa shape index (κ1) is 18.2. The zero-order valence-corrected chi connectivity index (χ0v) is 15.6. The number of fused-ring (bicyclic) bond motifs is 1. The van der Waals surface area contributed by atoms with Crippen LogP contribution in [0.4, 0.5) is 0 Å². The van der Waals surface area contributed by atoms with Gasteiger partial charge in [0.1, 0.15) is 5.75 Å². The van der Waals surface area contributed by atoms with Crippen molar-refractivity contribution in [3.05, 3.63) is 70.3 Å². The smallest absolute Gasteiger partial charge is 0.277 e. The van der Waals surface area contributed by atoms with E-state index in [4.69, 9.17) is 16.3 Å². The van der Waals surface area contributed by atoms with Gasteiger partial charge in [0.25, 0.3) is 5.91 Å². The number of benzene rings is 2. The molecule has 0 atom stereocenters. The van der Waals surface area contributed by atoms with E-state index in [-0.39, 0.29) is 12.5 Å². The number of carbonyl (C=O) groups is 1. The topological polar surface area (TPSA) is 50.7 Å². The molecule has 26 heavy (non-hydrogen) atoms. The summed E-state index contributed by atoms with van der Waals surface area (Å²) in [6.07, 6.45) is 3.33. The van der Waals surface area contributed by atoms with E-state index >= 15 is 0 Å². The minimum absolute atomic E-state index is 0.0875. The lowest BCUT2D eigenvalue weighted by Gasteiger charge is -2.17. The Labute approximate surface area is 158 Å². The van der Waals surface area contributed by atoms with Crippen LogP contribution in [-0.4, -0.2) is 18.7 Å². The van der Waals surface area contributed by atoms with Crippen LogP contribution in [0.25, 0.3) is 5.03 Å². The van der Waals surface area contributed by atoms with Crippen LogP contribution in [0.1, 0.15) is 28.7 Å². The number of aryl methyl sites for hydroxylation is 3. The second kappa shape index (κ2) is 8.19. The van der Waals surface area contributed by atoms with Crippen LogP contribution < -0.4 is 10.2 Å². The van der Waals surface area contributed by atoms with Crippen LogP contribution in [0.2, 0.25) is 0 Å². The van der Waals surface area contributed by atoms with E-state index in [1.165, 1.54) is 5.56 Å². The van der Waals surface area contributed by atoms with Gasteiger partial charge in [0.05, 0.1) is 11.2 Å². The molecule has 0 unspecified atom stereocenters. The van der Waals surface area contributed by atoms with Crippen LogP contribution in [0.15, 0.2) is 53.1 Å². The van der Waals surface area contributed by atoms with Gasteiger partial charge in [-0.15, -0.1) is 0 Å². The Balaban J connectivity index is 1.56. The maximum atomic E-state index is 11.9. The SMILES string of the molecule is Cc1cc(C)cc(OCC(=O)NN=CC2=C(Cl)c3ccccc3CC2)c1. The van der Waals surface area contributed by atoms with E-state index < -0.39 is 0 Å². The molecule has 0 aromatic heterocycles. The molecule has 0 spiro atoms. The number of hydrazone groups is 1. The van der Waals surface area contributed by atoms with Gasteiger partial charge in [-0.05, 0) is 66.6 Å². The minimum atomic E-state index is -0.312. The average molecular weight is 369 g/mol. The van der Waals surface area contributed by atoms with Gasteiger partial charge in [0, 0.05) is 0 Å². The summed E-state index contributed by atoms with van der Waals surface area (Å²) in [5.74, 6) is 0.365. The number of rotatable bonds is 5. The number of nitrogens with zero attached hydrogens (tertiary/aromatic N) is 1. The molecule has 0 fully saturated rings. The number of nitrogens with one attached hydrogen (secondary N) is 1. The summed E-state index contributed by atoms with van der Waals surface area (Å²) in [6.45, 7) is 3.89. The van der Waals surface area contributed by atoms with E-state index in [9.17, 15) is 4.79 Å². The summed E-state index contributed by atoms with van der Waals surface area (Å²) >= 11 is 6.45. The molecule has 134 valence electrons. The molecular weight excluding hydrogens is 348 g/mol.